The third kappa shape index (κ3) is 4.28. The zero-order valence-electron chi connectivity index (χ0n) is 12.9. The van der Waals surface area contributed by atoms with Gasteiger partial charge in [0, 0.05) is 0 Å². The van der Waals surface area contributed by atoms with Crippen LogP contribution in [0.2, 0.25) is 13.1 Å². The SMILES string of the molecule is C=C[Si](C)(C)c1ccc(C(=O)OO[C]2CCCCC2)cc1. The quantitative estimate of drug-likeness (QED) is 0.470. The molecule has 2 rings (SSSR count). The fourth-order valence-electron chi connectivity index (χ4n) is 2.33. The Hall–Kier alpha value is -1.39. The highest BCUT2D eigenvalue weighted by Gasteiger charge is 2.21. The van der Waals surface area contributed by atoms with Crippen LogP contribution in [-0.4, -0.2) is 14.0 Å². The standard InChI is InChI=1S/C17H23O3Si/c1-4-21(2,3)16-12-10-14(11-13-16)17(18)20-19-15-8-6-5-7-9-15/h4,10-13H,1,5-9H2,2-3H3. The first-order chi connectivity index (χ1) is 10.0. The minimum atomic E-state index is -1.58. The molecular weight excluding hydrogens is 280 g/mol. The largest absolute Gasteiger partial charge is 0.373 e. The summed E-state index contributed by atoms with van der Waals surface area (Å²) >= 11 is 0. The van der Waals surface area contributed by atoms with Crippen LogP contribution in [0.15, 0.2) is 36.5 Å². The number of carbonyl (C=O) groups is 1. The van der Waals surface area contributed by atoms with Crippen molar-refractivity contribution in [2.24, 2.45) is 0 Å². The van der Waals surface area contributed by atoms with E-state index in [0.717, 1.165) is 31.8 Å². The Morgan fingerprint density at radius 3 is 2.33 bits per heavy atom. The lowest BCUT2D eigenvalue weighted by atomic mass is 9.98. The van der Waals surface area contributed by atoms with Gasteiger partial charge < -0.3 is 0 Å². The summed E-state index contributed by atoms with van der Waals surface area (Å²) in [6.45, 7) is 8.33. The summed E-state index contributed by atoms with van der Waals surface area (Å²) < 4.78 is 0. The second kappa shape index (κ2) is 7.05. The van der Waals surface area contributed by atoms with E-state index in [1.165, 1.54) is 11.6 Å². The minimum Gasteiger partial charge on any atom is -0.292 e. The fraction of sp³-hybridized carbons (Fsp3) is 0.412. The van der Waals surface area contributed by atoms with Crippen LogP contribution < -0.4 is 5.19 Å². The number of carbonyl (C=O) groups excluding carboxylic acids is 1. The maximum atomic E-state index is 11.9. The van der Waals surface area contributed by atoms with E-state index in [4.69, 9.17) is 9.78 Å². The van der Waals surface area contributed by atoms with Crippen LogP contribution in [0.4, 0.5) is 0 Å². The lowest BCUT2D eigenvalue weighted by Gasteiger charge is -2.19. The van der Waals surface area contributed by atoms with Crippen molar-refractivity contribution in [3.8, 4) is 0 Å². The van der Waals surface area contributed by atoms with Crippen molar-refractivity contribution in [1.29, 1.82) is 0 Å². The predicted molar refractivity (Wildman–Crippen MR) is 86.6 cm³/mol. The van der Waals surface area contributed by atoms with Gasteiger partial charge in [-0.2, -0.15) is 4.89 Å². The molecule has 0 spiro atoms. The molecule has 1 saturated carbocycles. The molecule has 1 aliphatic carbocycles. The third-order valence-corrected chi connectivity index (χ3v) is 6.86. The molecule has 1 fully saturated rings. The highest BCUT2D eigenvalue weighted by atomic mass is 28.3. The van der Waals surface area contributed by atoms with Gasteiger partial charge in [0.15, 0.2) is 0 Å². The summed E-state index contributed by atoms with van der Waals surface area (Å²) in [5.74, 6) is -0.433. The van der Waals surface area contributed by atoms with E-state index < -0.39 is 14.0 Å². The summed E-state index contributed by atoms with van der Waals surface area (Å²) in [5.41, 5.74) is 2.55. The molecule has 0 unspecified atom stereocenters. The Morgan fingerprint density at radius 2 is 1.76 bits per heavy atom. The molecule has 1 aliphatic rings. The zero-order chi connectivity index (χ0) is 15.3. The second-order valence-electron chi connectivity index (χ2n) is 6.06. The maximum absolute atomic E-state index is 11.9. The van der Waals surface area contributed by atoms with Crippen LogP contribution in [0.1, 0.15) is 42.5 Å². The fourth-order valence-corrected chi connectivity index (χ4v) is 3.59. The first-order valence-corrected chi connectivity index (χ1v) is 10.6. The lowest BCUT2D eigenvalue weighted by molar-refractivity contribution is -0.239. The molecule has 0 aromatic heterocycles. The normalized spacial score (nSPS) is 16.5. The van der Waals surface area contributed by atoms with Gasteiger partial charge in [0.25, 0.3) is 0 Å². The molecular formula is C17H23O3Si. The predicted octanol–water partition coefficient (Wildman–Crippen LogP) is 3.91. The third-order valence-electron chi connectivity index (χ3n) is 4.02. The summed E-state index contributed by atoms with van der Waals surface area (Å²) in [6, 6.07) is 7.56. The van der Waals surface area contributed by atoms with Gasteiger partial charge in [-0.3, -0.25) is 4.89 Å². The van der Waals surface area contributed by atoms with Crippen LogP contribution in [0, 0.1) is 6.10 Å². The van der Waals surface area contributed by atoms with Gasteiger partial charge >= 0.3 is 5.97 Å². The Labute approximate surface area is 127 Å². The first kappa shape index (κ1) is 16.0. The molecule has 0 N–H and O–H groups in total. The lowest BCUT2D eigenvalue weighted by Crippen LogP contribution is -2.39. The smallest absolute Gasteiger partial charge is 0.292 e. The minimum absolute atomic E-state index is 0.433. The second-order valence-corrected chi connectivity index (χ2v) is 10.5. The average molecular weight is 303 g/mol. The Balaban J connectivity index is 1.92. The Morgan fingerprint density at radius 1 is 1.14 bits per heavy atom. The Kier molecular flexibility index (Phi) is 5.37. The number of benzene rings is 1. The molecule has 0 saturated heterocycles. The van der Waals surface area contributed by atoms with E-state index >= 15 is 0 Å². The number of hydrogen-bond acceptors (Lipinski definition) is 3. The highest BCUT2D eigenvalue weighted by Crippen LogP contribution is 2.26. The van der Waals surface area contributed by atoms with E-state index in [1.807, 2.05) is 17.8 Å². The van der Waals surface area contributed by atoms with E-state index in [9.17, 15) is 4.79 Å². The maximum Gasteiger partial charge on any atom is 0.373 e. The van der Waals surface area contributed by atoms with Crippen molar-refractivity contribution in [3.63, 3.8) is 0 Å². The van der Waals surface area contributed by atoms with Crippen LogP contribution in [0.3, 0.4) is 0 Å². The van der Waals surface area contributed by atoms with E-state index in [0.29, 0.717) is 5.56 Å². The molecule has 0 bridgehead atoms. The molecule has 0 heterocycles. The van der Waals surface area contributed by atoms with Crippen LogP contribution in [0.5, 0.6) is 0 Å². The number of rotatable bonds is 5. The van der Waals surface area contributed by atoms with Gasteiger partial charge in [0.1, 0.15) is 14.2 Å². The van der Waals surface area contributed by atoms with E-state index in [-0.39, 0.29) is 0 Å². The molecule has 0 aliphatic heterocycles. The van der Waals surface area contributed by atoms with Crippen molar-refractivity contribution in [2.75, 3.05) is 0 Å². The van der Waals surface area contributed by atoms with Crippen molar-refractivity contribution in [1.82, 2.24) is 0 Å². The van der Waals surface area contributed by atoms with Crippen molar-refractivity contribution in [2.45, 2.75) is 45.2 Å². The summed E-state index contributed by atoms with van der Waals surface area (Å²) in [5, 5.41) is 1.25. The summed E-state index contributed by atoms with van der Waals surface area (Å²) in [6.07, 6.45) is 6.12. The number of hydrogen-bond donors (Lipinski definition) is 0. The van der Waals surface area contributed by atoms with Crippen molar-refractivity contribution >= 4 is 19.2 Å². The van der Waals surface area contributed by atoms with Gasteiger partial charge in [0.05, 0.1) is 5.56 Å². The van der Waals surface area contributed by atoms with Crippen LogP contribution in [-0.2, 0) is 9.78 Å². The molecule has 1 aromatic rings. The van der Waals surface area contributed by atoms with Gasteiger partial charge in [-0.15, -0.1) is 6.58 Å². The van der Waals surface area contributed by atoms with E-state index in [1.54, 1.807) is 12.1 Å². The molecule has 3 nitrogen and oxygen atoms in total. The molecule has 4 heteroatoms. The average Bonchev–Trinajstić information content (AvgIpc) is 2.53. The molecule has 0 atom stereocenters. The Bertz CT molecular complexity index is 487. The van der Waals surface area contributed by atoms with Gasteiger partial charge in [0.2, 0.25) is 0 Å². The van der Waals surface area contributed by atoms with Gasteiger partial charge in [-0.1, -0.05) is 55.4 Å². The zero-order valence-corrected chi connectivity index (χ0v) is 13.9. The van der Waals surface area contributed by atoms with Crippen molar-refractivity contribution < 1.29 is 14.6 Å². The summed E-state index contributed by atoms with van der Waals surface area (Å²) in [4.78, 5) is 22.1. The van der Waals surface area contributed by atoms with Gasteiger partial charge in [-0.25, -0.2) is 4.79 Å². The van der Waals surface area contributed by atoms with E-state index in [2.05, 4.69) is 19.7 Å². The molecule has 113 valence electrons. The topological polar surface area (TPSA) is 35.5 Å². The first-order valence-electron chi connectivity index (χ1n) is 7.50. The summed E-state index contributed by atoms with van der Waals surface area (Å²) in [7, 11) is -1.58. The molecule has 1 aromatic carbocycles. The molecule has 21 heavy (non-hydrogen) atoms. The molecule has 0 amide bonds. The van der Waals surface area contributed by atoms with Crippen LogP contribution >= 0.6 is 0 Å². The van der Waals surface area contributed by atoms with Crippen LogP contribution in [0.25, 0.3) is 0 Å². The highest BCUT2D eigenvalue weighted by molar-refractivity contribution is 6.93. The molecule has 1 radical (unpaired) electrons. The van der Waals surface area contributed by atoms with Crippen molar-refractivity contribution in [3.05, 3.63) is 48.2 Å². The van der Waals surface area contributed by atoms with Gasteiger partial charge in [-0.05, 0) is 25.0 Å². The monoisotopic (exact) mass is 303 g/mol.